The summed E-state index contributed by atoms with van der Waals surface area (Å²) in [6.45, 7) is 6.23. The molecule has 2 aromatic carbocycles. The number of ether oxygens (including phenoxy) is 4. The molecule has 7 heteroatoms. The molecule has 1 saturated carbocycles. The Balaban J connectivity index is 1.81. The molecule has 1 heterocycles. The van der Waals surface area contributed by atoms with E-state index in [0.717, 1.165) is 25.7 Å². The highest BCUT2D eigenvalue weighted by molar-refractivity contribution is 5.96. The zero-order chi connectivity index (χ0) is 25.2. The summed E-state index contributed by atoms with van der Waals surface area (Å²) in [5.74, 6) is 1.28. The SMILES string of the molecule is COc1ccc(-c2cc(=O)c3c(OC4CCCC4)cc(C(=O)OCC(C)(C)C)cc3o2)cc1OC. The summed E-state index contributed by atoms with van der Waals surface area (Å²) in [5.41, 5.74) is 0.755. The molecule has 0 bridgehead atoms. The van der Waals surface area contributed by atoms with Gasteiger partial charge in [-0.2, -0.15) is 0 Å². The molecule has 4 rings (SSSR count). The molecule has 7 nitrogen and oxygen atoms in total. The van der Waals surface area contributed by atoms with Gasteiger partial charge in [0, 0.05) is 11.6 Å². The number of carbonyl (C=O) groups is 1. The lowest BCUT2D eigenvalue weighted by molar-refractivity contribution is 0.0366. The Bertz CT molecular complexity index is 1280. The molecule has 0 aliphatic heterocycles. The predicted molar refractivity (Wildman–Crippen MR) is 134 cm³/mol. The highest BCUT2D eigenvalue weighted by atomic mass is 16.5. The number of hydrogen-bond acceptors (Lipinski definition) is 7. The van der Waals surface area contributed by atoms with Gasteiger partial charge >= 0.3 is 5.97 Å². The quantitative estimate of drug-likeness (QED) is 0.383. The molecular weight excluding hydrogens is 448 g/mol. The molecule has 0 atom stereocenters. The number of methoxy groups -OCH3 is 2. The molecular formula is C28H32O7. The summed E-state index contributed by atoms with van der Waals surface area (Å²) in [7, 11) is 3.10. The first-order chi connectivity index (χ1) is 16.7. The second kappa shape index (κ2) is 10.0. The summed E-state index contributed by atoms with van der Waals surface area (Å²) >= 11 is 0. The van der Waals surface area contributed by atoms with Gasteiger partial charge in [-0.3, -0.25) is 4.79 Å². The fourth-order valence-electron chi connectivity index (χ4n) is 4.15. The van der Waals surface area contributed by atoms with Crippen LogP contribution in [0.2, 0.25) is 0 Å². The molecule has 0 unspecified atom stereocenters. The van der Waals surface area contributed by atoms with Crippen LogP contribution in [0.25, 0.3) is 22.3 Å². The maximum Gasteiger partial charge on any atom is 0.338 e. The topological polar surface area (TPSA) is 84.2 Å². The van der Waals surface area contributed by atoms with Crippen molar-refractivity contribution in [2.24, 2.45) is 5.41 Å². The predicted octanol–water partition coefficient (Wildman–Crippen LogP) is 6.00. The lowest BCUT2D eigenvalue weighted by atomic mass is 9.99. The van der Waals surface area contributed by atoms with Gasteiger partial charge in [-0.05, 0) is 61.4 Å². The van der Waals surface area contributed by atoms with E-state index in [2.05, 4.69) is 0 Å². The second-order valence-electron chi connectivity index (χ2n) is 10.1. The smallest absolute Gasteiger partial charge is 0.338 e. The van der Waals surface area contributed by atoms with Gasteiger partial charge in [0.2, 0.25) is 0 Å². The fourth-order valence-corrected chi connectivity index (χ4v) is 4.15. The van der Waals surface area contributed by atoms with Crippen molar-refractivity contribution in [2.45, 2.75) is 52.6 Å². The zero-order valence-corrected chi connectivity index (χ0v) is 20.9. The summed E-state index contributed by atoms with van der Waals surface area (Å²) in [6, 6.07) is 9.84. The van der Waals surface area contributed by atoms with Crippen LogP contribution in [0, 0.1) is 5.41 Å². The summed E-state index contributed by atoms with van der Waals surface area (Å²) in [5, 5.41) is 0.313. The largest absolute Gasteiger partial charge is 0.493 e. The fraction of sp³-hybridized carbons (Fsp3) is 0.429. The lowest BCUT2D eigenvalue weighted by Crippen LogP contribution is -2.19. The maximum atomic E-state index is 13.3. The van der Waals surface area contributed by atoms with E-state index < -0.39 is 5.97 Å². The van der Waals surface area contributed by atoms with Gasteiger partial charge in [-0.1, -0.05) is 20.8 Å². The van der Waals surface area contributed by atoms with Gasteiger partial charge in [0.15, 0.2) is 16.9 Å². The minimum absolute atomic E-state index is 0.00368. The van der Waals surface area contributed by atoms with Gasteiger partial charge in [-0.15, -0.1) is 0 Å². The molecule has 1 aliphatic carbocycles. The Labute approximate surface area is 204 Å². The molecule has 35 heavy (non-hydrogen) atoms. The molecule has 0 N–H and O–H groups in total. The third-order valence-electron chi connectivity index (χ3n) is 5.93. The molecule has 3 aromatic rings. The number of rotatable bonds is 7. The first-order valence-electron chi connectivity index (χ1n) is 11.9. The lowest BCUT2D eigenvalue weighted by Gasteiger charge is -2.19. The van der Waals surface area contributed by atoms with E-state index >= 15 is 0 Å². The summed E-state index contributed by atoms with van der Waals surface area (Å²) in [4.78, 5) is 26.2. The Morgan fingerprint density at radius 1 is 0.971 bits per heavy atom. The van der Waals surface area contributed by atoms with E-state index in [0.29, 0.717) is 34.0 Å². The van der Waals surface area contributed by atoms with Crippen LogP contribution in [0.1, 0.15) is 56.8 Å². The standard InChI is InChI=1S/C28H32O7/c1-28(2,3)16-33-27(30)18-13-24(34-19-8-6-7-9-19)26-20(29)15-22(35-25(26)14-18)17-10-11-21(31-4)23(12-17)32-5/h10-15,19H,6-9,16H2,1-5H3. The minimum Gasteiger partial charge on any atom is -0.493 e. The van der Waals surface area contributed by atoms with Crippen LogP contribution in [-0.4, -0.2) is 32.9 Å². The number of benzene rings is 2. The maximum absolute atomic E-state index is 13.3. The van der Waals surface area contributed by atoms with Gasteiger partial charge < -0.3 is 23.4 Å². The van der Waals surface area contributed by atoms with Crippen molar-refractivity contribution in [3.8, 4) is 28.6 Å². The average molecular weight is 481 g/mol. The van der Waals surface area contributed by atoms with E-state index in [1.165, 1.54) is 6.07 Å². The Hall–Kier alpha value is -3.48. The van der Waals surface area contributed by atoms with Crippen molar-refractivity contribution < 1.29 is 28.2 Å². The number of carbonyl (C=O) groups excluding carboxylic acids is 1. The number of esters is 1. The molecule has 1 aliphatic rings. The normalized spacial score (nSPS) is 14.2. The molecule has 1 fully saturated rings. The van der Waals surface area contributed by atoms with Gasteiger partial charge in [0.1, 0.15) is 22.5 Å². The molecule has 0 amide bonds. The third kappa shape index (κ3) is 5.61. The molecule has 0 saturated heterocycles. The van der Waals surface area contributed by atoms with Crippen molar-refractivity contribution >= 4 is 16.9 Å². The second-order valence-corrected chi connectivity index (χ2v) is 10.1. The Kier molecular flexibility index (Phi) is 7.05. The van der Waals surface area contributed by atoms with Crippen molar-refractivity contribution in [3.63, 3.8) is 0 Å². The van der Waals surface area contributed by atoms with Crippen LogP contribution < -0.4 is 19.6 Å². The van der Waals surface area contributed by atoms with Crippen LogP contribution in [0.15, 0.2) is 45.6 Å². The van der Waals surface area contributed by atoms with Crippen LogP contribution in [-0.2, 0) is 4.74 Å². The van der Waals surface area contributed by atoms with E-state index in [-0.39, 0.29) is 34.7 Å². The van der Waals surface area contributed by atoms with Crippen LogP contribution in [0.3, 0.4) is 0 Å². The average Bonchev–Trinajstić information content (AvgIpc) is 3.34. The van der Waals surface area contributed by atoms with Crippen molar-refractivity contribution in [2.75, 3.05) is 20.8 Å². The van der Waals surface area contributed by atoms with Gasteiger partial charge in [-0.25, -0.2) is 4.79 Å². The Morgan fingerprint density at radius 3 is 2.34 bits per heavy atom. The monoisotopic (exact) mass is 480 g/mol. The van der Waals surface area contributed by atoms with Crippen molar-refractivity contribution in [1.82, 2.24) is 0 Å². The Morgan fingerprint density at radius 2 is 1.69 bits per heavy atom. The van der Waals surface area contributed by atoms with E-state index in [1.54, 1.807) is 44.6 Å². The van der Waals surface area contributed by atoms with E-state index in [1.807, 2.05) is 20.8 Å². The summed E-state index contributed by atoms with van der Waals surface area (Å²) in [6.07, 6.45) is 3.98. The van der Waals surface area contributed by atoms with Crippen LogP contribution in [0.5, 0.6) is 17.2 Å². The van der Waals surface area contributed by atoms with Gasteiger partial charge in [0.25, 0.3) is 0 Å². The molecule has 186 valence electrons. The summed E-state index contributed by atoms with van der Waals surface area (Å²) < 4.78 is 28.6. The zero-order valence-electron chi connectivity index (χ0n) is 20.9. The van der Waals surface area contributed by atoms with E-state index in [4.69, 9.17) is 23.4 Å². The van der Waals surface area contributed by atoms with Crippen molar-refractivity contribution in [1.29, 1.82) is 0 Å². The number of fused-ring (bicyclic) bond motifs is 1. The third-order valence-corrected chi connectivity index (χ3v) is 5.93. The first-order valence-corrected chi connectivity index (χ1v) is 11.9. The van der Waals surface area contributed by atoms with Crippen molar-refractivity contribution in [3.05, 3.63) is 52.2 Å². The molecule has 1 aromatic heterocycles. The van der Waals surface area contributed by atoms with Crippen LogP contribution >= 0.6 is 0 Å². The first kappa shape index (κ1) is 24.6. The highest BCUT2D eigenvalue weighted by Crippen LogP contribution is 2.35. The van der Waals surface area contributed by atoms with Gasteiger partial charge in [0.05, 0.1) is 32.5 Å². The highest BCUT2D eigenvalue weighted by Gasteiger charge is 2.23. The van der Waals surface area contributed by atoms with Crippen LogP contribution in [0.4, 0.5) is 0 Å². The molecule has 0 spiro atoms. The van der Waals surface area contributed by atoms with E-state index in [9.17, 15) is 9.59 Å². The minimum atomic E-state index is -0.489. The molecule has 0 radical (unpaired) electrons. The number of hydrogen-bond donors (Lipinski definition) is 0.